The molecule has 0 bridgehead atoms. The molecule has 0 aromatic heterocycles. The summed E-state index contributed by atoms with van der Waals surface area (Å²) in [6.07, 6.45) is 1.73. The van der Waals surface area contributed by atoms with Crippen LogP contribution in [0.3, 0.4) is 0 Å². The highest BCUT2D eigenvalue weighted by atomic mass is 16.5. The van der Waals surface area contributed by atoms with Crippen molar-refractivity contribution in [3.8, 4) is 11.5 Å². The third-order valence-electron chi connectivity index (χ3n) is 5.20. The molecule has 0 amide bonds. The first-order valence-corrected chi connectivity index (χ1v) is 10.8. The Morgan fingerprint density at radius 2 is 1.09 bits per heavy atom. The molecule has 8 N–H and O–H groups in total. The van der Waals surface area contributed by atoms with Crippen LogP contribution in [0.4, 0.5) is 22.7 Å². The molecule has 7 heteroatoms. The molecule has 7 nitrogen and oxygen atoms in total. The van der Waals surface area contributed by atoms with Crippen molar-refractivity contribution in [2.45, 2.75) is 19.4 Å². The molecule has 170 valence electrons. The fourth-order valence-corrected chi connectivity index (χ4v) is 3.43. The highest BCUT2D eigenvalue weighted by Crippen LogP contribution is 2.27. The molecule has 0 aliphatic heterocycles. The van der Waals surface area contributed by atoms with Crippen LogP contribution in [-0.4, -0.2) is 31.2 Å². The van der Waals surface area contributed by atoms with Crippen molar-refractivity contribution in [1.82, 2.24) is 4.90 Å². The lowest BCUT2D eigenvalue weighted by Gasteiger charge is -2.23. The van der Waals surface area contributed by atoms with Crippen LogP contribution < -0.4 is 32.4 Å². The fraction of sp³-hybridized carbons (Fsp3) is 0.280. The highest BCUT2D eigenvalue weighted by Gasteiger charge is 2.09. The summed E-state index contributed by atoms with van der Waals surface area (Å²) in [4.78, 5) is 2.40. The van der Waals surface area contributed by atoms with Crippen LogP contribution in [0.5, 0.6) is 11.5 Å². The van der Waals surface area contributed by atoms with Crippen molar-refractivity contribution in [3.05, 3.63) is 72.3 Å². The predicted octanol–water partition coefficient (Wildman–Crippen LogP) is 3.76. The normalized spacial score (nSPS) is 10.9. The minimum Gasteiger partial charge on any atom is -0.491 e. The number of nitrogen functional groups attached to an aromatic ring is 4. The van der Waals surface area contributed by atoms with Crippen LogP contribution in [0.15, 0.2) is 66.7 Å². The fourth-order valence-electron chi connectivity index (χ4n) is 3.43. The maximum absolute atomic E-state index is 5.98. The first-order chi connectivity index (χ1) is 15.5. The summed E-state index contributed by atoms with van der Waals surface area (Å²) >= 11 is 0. The van der Waals surface area contributed by atoms with Crippen molar-refractivity contribution >= 4 is 22.7 Å². The molecular formula is C25H33N5O2. The number of benzene rings is 3. The maximum atomic E-state index is 5.98. The molecule has 0 unspecified atom stereocenters. The van der Waals surface area contributed by atoms with Gasteiger partial charge in [-0.05, 0) is 42.7 Å². The minimum atomic E-state index is 0.492. The molecule has 32 heavy (non-hydrogen) atoms. The molecule has 0 spiro atoms. The van der Waals surface area contributed by atoms with Gasteiger partial charge in [-0.2, -0.15) is 0 Å². The van der Waals surface area contributed by atoms with Crippen molar-refractivity contribution in [3.63, 3.8) is 0 Å². The first kappa shape index (κ1) is 23.1. The van der Waals surface area contributed by atoms with Gasteiger partial charge in [0.1, 0.15) is 11.5 Å². The Hall–Kier alpha value is -3.58. The number of nitrogens with two attached hydrogens (primary N) is 4. The zero-order chi connectivity index (χ0) is 22.8. The van der Waals surface area contributed by atoms with Gasteiger partial charge in [0.15, 0.2) is 0 Å². The van der Waals surface area contributed by atoms with E-state index in [9.17, 15) is 0 Å². The van der Waals surface area contributed by atoms with E-state index in [1.54, 1.807) is 12.1 Å². The van der Waals surface area contributed by atoms with Crippen molar-refractivity contribution in [2.75, 3.05) is 49.2 Å². The summed E-state index contributed by atoms with van der Waals surface area (Å²) in [7, 11) is 0. The Morgan fingerprint density at radius 1 is 0.594 bits per heavy atom. The van der Waals surface area contributed by atoms with E-state index in [-0.39, 0.29) is 0 Å². The van der Waals surface area contributed by atoms with Gasteiger partial charge in [-0.25, -0.2) is 0 Å². The molecule has 3 aromatic rings. The molecule has 0 radical (unpaired) electrons. The summed E-state index contributed by atoms with van der Waals surface area (Å²) in [6.45, 7) is 3.77. The second-order valence-corrected chi connectivity index (χ2v) is 7.68. The Balaban J connectivity index is 1.49. The molecule has 0 aliphatic rings. The van der Waals surface area contributed by atoms with Crippen LogP contribution >= 0.6 is 0 Å². The van der Waals surface area contributed by atoms with Crippen LogP contribution in [0, 0.1) is 0 Å². The van der Waals surface area contributed by atoms with Gasteiger partial charge in [0.2, 0.25) is 0 Å². The van der Waals surface area contributed by atoms with Gasteiger partial charge in [-0.3, -0.25) is 4.90 Å². The van der Waals surface area contributed by atoms with E-state index in [0.29, 0.717) is 47.5 Å². The van der Waals surface area contributed by atoms with E-state index in [0.717, 1.165) is 32.5 Å². The van der Waals surface area contributed by atoms with Crippen LogP contribution in [-0.2, 0) is 6.54 Å². The number of hydrogen-bond acceptors (Lipinski definition) is 7. The van der Waals surface area contributed by atoms with Gasteiger partial charge >= 0.3 is 0 Å². The van der Waals surface area contributed by atoms with Gasteiger partial charge in [-0.15, -0.1) is 0 Å². The molecule has 3 rings (SSSR count). The van der Waals surface area contributed by atoms with E-state index in [4.69, 9.17) is 32.4 Å². The molecular weight excluding hydrogens is 402 g/mol. The van der Waals surface area contributed by atoms with E-state index in [1.807, 2.05) is 30.3 Å². The smallest absolute Gasteiger partial charge is 0.144 e. The van der Waals surface area contributed by atoms with Crippen LogP contribution in [0.2, 0.25) is 0 Å². The summed E-state index contributed by atoms with van der Waals surface area (Å²) in [6, 6.07) is 21.3. The predicted molar refractivity (Wildman–Crippen MR) is 132 cm³/mol. The number of anilines is 4. The molecule has 0 saturated heterocycles. The van der Waals surface area contributed by atoms with Gasteiger partial charge < -0.3 is 32.4 Å². The van der Waals surface area contributed by atoms with E-state index in [1.165, 1.54) is 5.56 Å². The standard InChI is InChI=1S/C25H33N5O2/c26-20-10-4-12-22(24(20)28)31-16-6-14-30(18-19-8-2-1-3-9-19)15-7-17-32-23-13-5-11-21(27)25(23)29/h1-5,8-13H,6-7,14-18,26-29H2. The number of rotatable bonds is 12. The SMILES string of the molecule is Nc1cccc(OCCCN(CCCOc2cccc(N)c2N)Cc2ccccc2)c1N. The van der Waals surface area contributed by atoms with E-state index < -0.39 is 0 Å². The van der Waals surface area contributed by atoms with Crippen molar-refractivity contribution in [1.29, 1.82) is 0 Å². The lowest BCUT2D eigenvalue weighted by molar-refractivity contribution is 0.208. The van der Waals surface area contributed by atoms with Crippen molar-refractivity contribution < 1.29 is 9.47 Å². The van der Waals surface area contributed by atoms with Crippen molar-refractivity contribution in [2.24, 2.45) is 0 Å². The number of hydrogen-bond donors (Lipinski definition) is 4. The van der Waals surface area contributed by atoms with Crippen LogP contribution in [0.1, 0.15) is 18.4 Å². The minimum absolute atomic E-state index is 0.492. The third-order valence-corrected chi connectivity index (χ3v) is 5.20. The number of para-hydroxylation sites is 2. The zero-order valence-electron chi connectivity index (χ0n) is 18.4. The second-order valence-electron chi connectivity index (χ2n) is 7.68. The largest absolute Gasteiger partial charge is 0.491 e. The van der Waals surface area contributed by atoms with Crippen LogP contribution in [0.25, 0.3) is 0 Å². The maximum Gasteiger partial charge on any atom is 0.144 e. The zero-order valence-corrected chi connectivity index (χ0v) is 18.4. The summed E-state index contributed by atoms with van der Waals surface area (Å²) < 4.78 is 11.7. The van der Waals surface area contributed by atoms with Gasteiger partial charge in [0.05, 0.1) is 36.0 Å². The first-order valence-electron chi connectivity index (χ1n) is 10.8. The molecule has 0 fully saturated rings. The lowest BCUT2D eigenvalue weighted by atomic mass is 10.2. The molecule has 0 heterocycles. The van der Waals surface area contributed by atoms with Gasteiger partial charge in [0.25, 0.3) is 0 Å². The third kappa shape index (κ3) is 6.72. The molecule has 3 aromatic carbocycles. The highest BCUT2D eigenvalue weighted by molar-refractivity contribution is 5.71. The van der Waals surface area contributed by atoms with E-state index >= 15 is 0 Å². The Kier molecular flexibility index (Phi) is 8.45. The molecule has 0 aliphatic carbocycles. The summed E-state index contributed by atoms with van der Waals surface area (Å²) in [5.41, 5.74) is 27.0. The summed E-state index contributed by atoms with van der Waals surface area (Å²) in [5, 5.41) is 0. The number of ether oxygens (including phenoxy) is 2. The van der Waals surface area contributed by atoms with E-state index in [2.05, 4.69) is 29.2 Å². The monoisotopic (exact) mass is 435 g/mol. The molecule has 0 saturated carbocycles. The second kappa shape index (κ2) is 11.7. The Labute approximate surface area is 189 Å². The molecule has 0 atom stereocenters. The summed E-state index contributed by atoms with van der Waals surface area (Å²) in [5.74, 6) is 1.26. The Bertz CT molecular complexity index is 922. The lowest BCUT2D eigenvalue weighted by Crippen LogP contribution is -2.28. The topological polar surface area (TPSA) is 126 Å². The average Bonchev–Trinajstić information content (AvgIpc) is 2.80. The van der Waals surface area contributed by atoms with Gasteiger partial charge in [-0.1, -0.05) is 42.5 Å². The van der Waals surface area contributed by atoms with Gasteiger partial charge in [0, 0.05) is 19.6 Å². The average molecular weight is 436 g/mol. The quantitative estimate of drug-likeness (QED) is 0.252. The number of nitrogens with zero attached hydrogens (tertiary/aromatic N) is 1. The Morgan fingerprint density at radius 3 is 1.59 bits per heavy atom.